The van der Waals surface area contributed by atoms with Gasteiger partial charge in [0.1, 0.15) is 11.4 Å². The van der Waals surface area contributed by atoms with Crippen molar-refractivity contribution in [3.05, 3.63) is 41.6 Å². The molecule has 0 radical (unpaired) electrons. The van der Waals surface area contributed by atoms with Crippen LogP contribution in [-0.2, 0) is 0 Å². The fourth-order valence-electron chi connectivity index (χ4n) is 3.31. The first-order valence-electron chi connectivity index (χ1n) is 9.29. The van der Waals surface area contributed by atoms with Crippen LogP contribution in [-0.4, -0.2) is 43.7 Å². The molecule has 1 aliphatic heterocycles. The third-order valence-corrected chi connectivity index (χ3v) is 5.06. The number of halogens is 1. The van der Waals surface area contributed by atoms with E-state index in [9.17, 15) is 5.11 Å². The monoisotopic (exact) mass is 387 g/mol. The van der Waals surface area contributed by atoms with Gasteiger partial charge in [0.2, 0.25) is 5.95 Å². The topological polar surface area (TPSA) is 79.7 Å². The quantitative estimate of drug-likeness (QED) is 0.688. The molecule has 1 fully saturated rings. The van der Waals surface area contributed by atoms with E-state index in [0.29, 0.717) is 22.2 Å². The van der Waals surface area contributed by atoms with Crippen LogP contribution in [0.5, 0.6) is 5.75 Å². The number of nitrogens with two attached hydrogens (primary N) is 1. The van der Waals surface area contributed by atoms with Crippen LogP contribution in [0.3, 0.4) is 0 Å². The summed E-state index contributed by atoms with van der Waals surface area (Å²) in [5, 5.41) is 18.3. The minimum absolute atomic E-state index is 0.0599. The maximum absolute atomic E-state index is 9.92. The average molecular weight is 388 g/mol. The van der Waals surface area contributed by atoms with Crippen molar-refractivity contribution in [2.45, 2.75) is 39.2 Å². The van der Waals surface area contributed by atoms with Crippen LogP contribution in [0, 0.1) is 0 Å². The lowest BCUT2D eigenvalue weighted by molar-refractivity contribution is 0.185. The fourth-order valence-corrected chi connectivity index (χ4v) is 3.47. The molecule has 1 aliphatic rings. The number of nitrogen functional groups attached to an aromatic ring is 1. The van der Waals surface area contributed by atoms with E-state index in [0.717, 1.165) is 11.6 Å². The lowest BCUT2D eigenvalue weighted by Gasteiger charge is -2.29. The molecule has 2 aromatic heterocycles. The number of anilines is 1. The second kappa shape index (κ2) is 8.59. The number of fused-ring (bicyclic) bond motifs is 1. The summed E-state index contributed by atoms with van der Waals surface area (Å²) < 4.78 is 1.70. The minimum atomic E-state index is 0.0599. The normalized spacial score (nSPS) is 15.0. The van der Waals surface area contributed by atoms with E-state index in [-0.39, 0.29) is 5.75 Å². The fraction of sp³-hybridized carbons (Fsp3) is 0.400. The third-order valence-electron chi connectivity index (χ3n) is 4.83. The third kappa shape index (κ3) is 4.51. The number of rotatable bonds is 2. The Balaban J connectivity index is 0.000000197. The van der Waals surface area contributed by atoms with E-state index in [1.807, 2.05) is 12.1 Å². The van der Waals surface area contributed by atoms with Gasteiger partial charge in [0.05, 0.1) is 5.52 Å². The Kier molecular flexibility index (Phi) is 6.19. The highest BCUT2D eigenvalue weighted by molar-refractivity contribution is 6.30. The largest absolute Gasteiger partial charge is 0.507 e. The van der Waals surface area contributed by atoms with Crippen molar-refractivity contribution in [3.63, 3.8) is 0 Å². The van der Waals surface area contributed by atoms with Gasteiger partial charge in [0.25, 0.3) is 0 Å². The van der Waals surface area contributed by atoms with Crippen molar-refractivity contribution in [3.8, 4) is 17.0 Å². The molecule has 0 bridgehead atoms. The van der Waals surface area contributed by atoms with Crippen LogP contribution in [0.15, 0.2) is 36.5 Å². The van der Waals surface area contributed by atoms with Crippen molar-refractivity contribution in [2.24, 2.45) is 0 Å². The molecule has 0 spiro atoms. The number of nitrogens with zero attached hydrogens (tertiary/aromatic N) is 4. The SMILES string of the molecule is CC(C)N1CCCCC1.Nc1nnc(-c2ccc(Cl)cc2O)c2cccn12. The summed E-state index contributed by atoms with van der Waals surface area (Å²) in [5.41, 5.74) is 7.62. The molecule has 0 saturated carbocycles. The Hall–Kier alpha value is -2.31. The predicted octanol–water partition coefficient (Wildman–Crippen LogP) is 4.22. The Bertz CT molecular complexity index is 903. The van der Waals surface area contributed by atoms with Gasteiger partial charge in [-0.3, -0.25) is 4.40 Å². The number of phenols is 1. The van der Waals surface area contributed by atoms with Gasteiger partial charge in [-0.25, -0.2) is 0 Å². The van der Waals surface area contributed by atoms with Gasteiger partial charge >= 0.3 is 0 Å². The Labute approximate surface area is 164 Å². The van der Waals surface area contributed by atoms with Gasteiger partial charge in [-0.2, -0.15) is 0 Å². The number of benzene rings is 1. The van der Waals surface area contributed by atoms with Crippen LogP contribution >= 0.6 is 11.6 Å². The van der Waals surface area contributed by atoms with Gasteiger partial charge in [-0.05, 0) is 70.1 Å². The van der Waals surface area contributed by atoms with E-state index in [4.69, 9.17) is 17.3 Å². The second-order valence-corrected chi connectivity index (χ2v) is 7.46. The number of piperidine rings is 1. The summed E-state index contributed by atoms with van der Waals surface area (Å²) in [7, 11) is 0. The maximum Gasteiger partial charge on any atom is 0.225 e. The zero-order valence-electron chi connectivity index (χ0n) is 15.8. The molecule has 3 heterocycles. The molecule has 1 saturated heterocycles. The number of likely N-dealkylation sites (tertiary alicyclic amines) is 1. The Morgan fingerprint density at radius 2 is 1.85 bits per heavy atom. The summed E-state index contributed by atoms with van der Waals surface area (Å²) in [5.74, 6) is 0.358. The van der Waals surface area contributed by atoms with Crippen LogP contribution in [0.4, 0.5) is 5.95 Å². The molecule has 27 heavy (non-hydrogen) atoms. The zero-order chi connectivity index (χ0) is 19.4. The second-order valence-electron chi connectivity index (χ2n) is 7.02. The molecule has 4 rings (SSSR count). The number of phenolic OH excluding ortho intramolecular Hbond substituents is 1. The summed E-state index contributed by atoms with van der Waals surface area (Å²) >= 11 is 5.81. The van der Waals surface area contributed by atoms with Crippen molar-refractivity contribution in [2.75, 3.05) is 18.8 Å². The lowest BCUT2D eigenvalue weighted by atomic mass is 10.1. The van der Waals surface area contributed by atoms with E-state index >= 15 is 0 Å². The van der Waals surface area contributed by atoms with Crippen molar-refractivity contribution in [1.82, 2.24) is 19.5 Å². The molecule has 3 aromatic rings. The van der Waals surface area contributed by atoms with Gasteiger partial charge < -0.3 is 15.7 Å². The minimum Gasteiger partial charge on any atom is -0.507 e. The molecule has 3 N–H and O–H groups in total. The Morgan fingerprint density at radius 1 is 1.11 bits per heavy atom. The lowest BCUT2D eigenvalue weighted by Crippen LogP contribution is -2.35. The Morgan fingerprint density at radius 3 is 2.48 bits per heavy atom. The standard InChI is InChI=1S/C12H9ClN4O.C8H17N/c13-7-3-4-8(10(18)6-7)11-9-2-1-5-17(9)12(14)16-15-11;1-8(2)9-6-4-3-5-7-9/h1-6,18H,(H2,14,16);8H,3-7H2,1-2H3. The predicted molar refractivity (Wildman–Crippen MR) is 110 cm³/mol. The molecule has 144 valence electrons. The first-order valence-corrected chi connectivity index (χ1v) is 9.67. The molecule has 0 atom stereocenters. The highest BCUT2D eigenvalue weighted by atomic mass is 35.5. The molecular weight excluding hydrogens is 362 g/mol. The van der Waals surface area contributed by atoms with Crippen LogP contribution in [0.25, 0.3) is 16.8 Å². The number of aromatic hydroxyl groups is 1. The summed E-state index contributed by atoms with van der Waals surface area (Å²) in [6.07, 6.45) is 6.06. The summed E-state index contributed by atoms with van der Waals surface area (Å²) in [6, 6.07) is 9.32. The van der Waals surface area contributed by atoms with Crippen molar-refractivity contribution < 1.29 is 5.11 Å². The smallest absolute Gasteiger partial charge is 0.225 e. The zero-order valence-corrected chi connectivity index (χ0v) is 16.5. The van der Waals surface area contributed by atoms with Crippen LogP contribution in [0.1, 0.15) is 33.1 Å². The van der Waals surface area contributed by atoms with Gasteiger partial charge in [-0.1, -0.05) is 18.0 Å². The average Bonchev–Trinajstić information content (AvgIpc) is 3.15. The van der Waals surface area contributed by atoms with Gasteiger partial charge in [0, 0.05) is 22.8 Å². The molecular formula is C20H26ClN5O. The number of hydrogen-bond acceptors (Lipinski definition) is 5. The van der Waals surface area contributed by atoms with Crippen molar-refractivity contribution >= 4 is 23.1 Å². The summed E-state index contributed by atoms with van der Waals surface area (Å²) in [6.45, 7) is 7.23. The van der Waals surface area contributed by atoms with E-state index in [1.54, 1.807) is 22.7 Å². The van der Waals surface area contributed by atoms with Crippen LogP contribution in [0.2, 0.25) is 5.02 Å². The molecule has 7 heteroatoms. The maximum atomic E-state index is 9.92. The molecule has 0 aliphatic carbocycles. The first-order chi connectivity index (χ1) is 13.0. The molecule has 6 nitrogen and oxygen atoms in total. The number of hydrogen-bond donors (Lipinski definition) is 2. The highest BCUT2D eigenvalue weighted by Gasteiger charge is 2.13. The van der Waals surface area contributed by atoms with Crippen LogP contribution < -0.4 is 5.73 Å². The van der Waals surface area contributed by atoms with Crippen molar-refractivity contribution in [1.29, 1.82) is 0 Å². The highest BCUT2D eigenvalue weighted by Crippen LogP contribution is 2.32. The van der Waals surface area contributed by atoms with E-state index in [1.165, 1.54) is 38.4 Å². The van der Waals surface area contributed by atoms with E-state index < -0.39 is 0 Å². The summed E-state index contributed by atoms with van der Waals surface area (Å²) in [4.78, 5) is 2.56. The molecule has 1 aromatic carbocycles. The van der Waals surface area contributed by atoms with Gasteiger partial charge in [0.15, 0.2) is 0 Å². The van der Waals surface area contributed by atoms with E-state index in [2.05, 4.69) is 28.9 Å². The van der Waals surface area contributed by atoms with Gasteiger partial charge in [-0.15, -0.1) is 10.2 Å². The number of aromatic nitrogens is 3. The molecule has 0 unspecified atom stereocenters. The first kappa shape index (κ1) is 19.5. The molecule has 0 amide bonds.